The number of benzene rings is 2. The van der Waals surface area contributed by atoms with Crippen LogP contribution in [-0.4, -0.2) is 30.7 Å². The molecule has 0 unspecified atom stereocenters. The van der Waals surface area contributed by atoms with Crippen LogP contribution in [0.15, 0.2) is 41.2 Å². The van der Waals surface area contributed by atoms with Gasteiger partial charge < -0.3 is 15.5 Å². The van der Waals surface area contributed by atoms with E-state index in [2.05, 4.69) is 27.7 Å². The lowest BCUT2D eigenvalue weighted by molar-refractivity contribution is 0.221. The summed E-state index contributed by atoms with van der Waals surface area (Å²) in [5.41, 5.74) is 0.991. The Labute approximate surface area is 193 Å². The molecule has 2 N–H and O–H groups in total. The molecule has 1 atom stereocenters. The van der Waals surface area contributed by atoms with Crippen molar-refractivity contribution in [3.63, 3.8) is 0 Å². The second-order valence-corrected chi connectivity index (χ2v) is 9.45. The first-order valence-electron chi connectivity index (χ1n) is 11.4. The molecule has 5 nitrogen and oxygen atoms in total. The lowest BCUT2D eigenvalue weighted by atomic mass is 9.95. The maximum Gasteiger partial charge on any atom is 0.259 e. The third kappa shape index (κ3) is 4.60. The molecule has 1 fully saturated rings. The highest BCUT2D eigenvalue weighted by Gasteiger charge is 2.25. The minimum absolute atomic E-state index is 0.0365. The number of nitrogens with zero attached hydrogens (tertiary/aromatic N) is 2. The second-order valence-electron chi connectivity index (χ2n) is 9.45. The molecule has 2 aromatic carbocycles. The van der Waals surface area contributed by atoms with Crippen molar-refractivity contribution in [3.05, 3.63) is 69.3 Å². The Bertz CT molecular complexity index is 1240. The highest BCUT2D eigenvalue weighted by molar-refractivity contribution is 5.89. The van der Waals surface area contributed by atoms with Crippen molar-refractivity contribution in [3.8, 4) is 0 Å². The summed E-state index contributed by atoms with van der Waals surface area (Å²) >= 11 is 0. The van der Waals surface area contributed by atoms with Crippen LogP contribution in [0.5, 0.6) is 0 Å². The number of anilines is 2. The standard InChI is InChI=1S/C26H32F2N4O/c1-16-12-19(17(2)30-23-7-6-18(27)14-22(23)26(3,4)28)20-15-24(32-10-8-29-9-11-32)31(5)25(33)21(20)13-16/h6-7,12-15,17,29-30H,8-11H2,1-5H3/t17-/m1/s1. The molecule has 0 radical (unpaired) electrons. The van der Waals surface area contributed by atoms with Gasteiger partial charge in [0, 0.05) is 55.9 Å². The van der Waals surface area contributed by atoms with E-state index in [9.17, 15) is 13.6 Å². The average Bonchev–Trinajstić information content (AvgIpc) is 2.77. The summed E-state index contributed by atoms with van der Waals surface area (Å²) in [6.07, 6.45) is 0. The van der Waals surface area contributed by atoms with E-state index in [1.807, 2.05) is 27.0 Å². The predicted molar refractivity (Wildman–Crippen MR) is 132 cm³/mol. The highest BCUT2D eigenvalue weighted by Crippen LogP contribution is 2.35. The zero-order valence-electron chi connectivity index (χ0n) is 19.9. The topological polar surface area (TPSA) is 49.3 Å². The molecule has 176 valence electrons. The first kappa shape index (κ1) is 23.2. The van der Waals surface area contributed by atoms with Crippen LogP contribution in [0.25, 0.3) is 10.8 Å². The molecule has 0 aliphatic carbocycles. The van der Waals surface area contributed by atoms with Crippen LogP contribution in [0.4, 0.5) is 20.3 Å². The molecule has 0 amide bonds. The van der Waals surface area contributed by atoms with Crippen molar-refractivity contribution in [1.29, 1.82) is 0 Å². The molecule has 0 bridgehead atoms. The fourth-order valence-electron chi connectivity index (χ4n) is 4.68. The summed E-state index contributed by atoms with van der Waals surface area (Å²) in [6, 6.07) is 9.97. The molecule has 1 saturated heterocycles. The molecule has 4 rings (SSSR count). The normalized spacial score (nSPS) is 15.7. The van der Waals surface area contributed by atoms with Gasteiger partial charge in [-0.05, 0) is 74.5 Å². The first-order chi connectivity index (χ1) is 15.6. The summed E-state index contributed by atoms with van der Waals surface area (Å²) < 4.78 is 30.4. The van der Waals surface area contributed by atoms with E-state index in [0.717, 1.165) is 48.5 Å². The monoisotopic (exact) mass is 454 g/mol. The number of aryl methyl sites for hydroxylation is 1. The second kappa shape index (κ2) is 8.78. The number of alkyl halides is 1. The molecule has 33 heavy (non-hydrogen) atoms. The maximum absolute atomic E-state index is 14.8. The quantitative estimate of drug-likeness (QED) is 0.583. The number of piperazine rings is 1. The van der Waals surface area contributed by atoms with Crippen molar-refractivity contribution in [1.82, 2.24) is 9.88 Å². The summed E-state index contributed by atoms with van der Waals surface area (Å²) in [7, 11) is 1.82. The summed E-state index contributed by atoms with van der Waals surface area (Å²) in [4.78, 5) is 15.5. The number of nitrogens with one attached hydrogen (secondary N) is 2. The zero-order chi connectivity index (χ0) is 23.9. The Morgan fingerprint density at radius 2 is 1.79 bits per heavy atom. The third-order valence-electron chi connectivity index (χ3n) is 6.41. The maximum atomic E-state index is 14.8. The van der Waals surface area contributed by atoms with Gasteiger partial charge in [0.2, 0.25) is 0 Å². The summed E-state index contributed by atoms with van der Waals surface area (Å²) in [6.45, 7) is 10.2. The first-order valence-corrected chi connectivity index (χ1v) is 11.4. The predicted octanol–water partition coefficient (Wildman–Crippen LogP) is 4.77. The van der Waals surface area contributed by atoms with Gasteiger partial charge in [0.1, 0.15) is 17.3 Å². The van der Waals surface area contributed by atoms with Gasteiger partial charge in [0.15, 0.2) is 0 Å². The fraction of sp³-hybridized carbons (Fsp3) is 0.423. The van der Waals surface area contributed by atoms with Gasteiger partial charge in [0.25, 0.3) is 5.56 Å². The summed E-state index contributed by atoms with van der Waals surface area (Å²) in [5.74, 6) is 0.415. The molecule has 3 aromatic rings. The van der Waals surface area contributed by atoms with Gasteiger partial charge in [-0.2, -0.15) is 0 Å². The Morgan fingerprint density at radius 3 is 2.45 bits per heavy atom. The molecule has 1 aromatic heterocycles. The van der Waals surface area contributed by atoms with Gasteiger partial charge in [-0.25, -0.2) is 8.78 Å². The molecular formula is C26H32F2N4O. The Balaban J connectivity index is 1.82. The van der Waals surface area contributed by atoms with Gasteiger partial charge >= 0.3 is 0 Å². The number of halogens is 2. The van der Waals surface area contributed by atoms with Gasteiger partial charge in [-0.15, -0.1) is 0 Å². The lowest BCUT2D eigenvalue weighted by Crippen LogP contribution is -2.45. The number of hydrogen-bond acceptors (Lipinski definition) is 4. The molecular weight excluding hydrogens is 422 g/mol. The third-order valence-corrected chi connectivity index (χ3v) is 6.41. The number of fused-ring (bicyclic) bond motifs is 1. The van der Waals surface area contributed by atoms with Crippen LogP contribution in [0.2, 0.25) is 0 Å². The van der Waals surface area contributed by atoms with E-state index in [1.165, 1.54) is 26.0 Å². The van der Waals surface area contributed by atoms with E-state index < -0.39 is 11.5 Å². The SMILES string of the molecule is Cc1cc([C@@H](C)Nc2ccc(F)cc2C(C)(C)F)c2cc(N3CCNCC3)n(C)c(=O)c2c1. The molecule has 7 heteroatoms. The summed E-state index contributed by atoms with van der Waals surface area (Å²) in [5, 5.41) is 8.25. The van der Waals surface area contributed by atoms with Crippen molar-refractivity contribution in [2.45, 2.75) is 39.4 Å². The van der Waals surface area contributed by atoms with Gasteiger partial charge in [-0.1, -0.05) is 6.07 Å². The molecule has 1 aliphatic rings. The highest BCUT2D eigenvalue weighted by atomic mass is 19.1. The minimum atomic E-state index is -1.70. The number of rotatable bonds is 5. The van der Waals surface area contributed by atoms with E-state index in [0.29, 0.717) is 11.1 Å². The van der Waals surface area contributed by atoms with E-state index in [4.69, 9.17) is 0 Å². The van der Waals surface area contributed by atoms with E-state index in [-0.39, 0.29) is 17.2 Å². The van der Waals surface area contributed by atoms with Crippen molar-refractivity contribution in [2.24, 2.45) is 7.05 Å². The van der Waals surface area contributed by atoms with Crippen molar-refractivity contribution >= 4 is 22.3 Å². The molecule has 0 spiro atoms. The Kier molecular flexibility index (Phi) is 6.18. The minimum Gasteiger partial charge on any atom is -0.378 e. The van der Waals surface area contributed by atoms with Gasteiger partial charge in [-0.3, -0.25) is 9.36 Å². The molecule has 2 heterocycles. The van der Waals surface area contributed by atoms with Crippen LogP contribution < -0.4 is 21.1 Å². The largest absolute Gasteiger partial charge is 0.378 e. The van der Waals surface area contributed by atoms with Crippen LogP contribution in [0.1, 0.15) is 43.5 Å². The number of pyridine rings is 1. The average molecular weight is 455 g/mol. The zero-order valence-corrected chi connectivity index (χ0v) is 19.9. The molecule has 0 saturated carbocycles. The van der Waals surface area contributed by atoms with Crippen LogP contribution in [-0.2, 0) is 12.7 Å². The number of aromatic nitrogens is 1. The van der Waals surface area contributed by atoms with Gasteiger partial charge in [0.05, 0.1) is 0 Å². The van der Waals surface area contributed by atoms with Crippen LogP contribution in [0.3, 0.4) is 0 Å². The van der Waals surface area contributed by atoms with Crippen LogP contribution in [0, 0.1) is 12.7 Å². The Morgan fingerprint density at radius 1 is 1.09 bits per heavy atom. The van der Waals surface area contributed by atoms with Crippen molar-refractivity contribution < 1.29 is 8.78 Å². The fourth-order valence-corrected chi connectivity index (χ4v) is 4.68. The van der Waals surface area contributed by atoms with Crippen molar-refractivity contribution in [2.75, 3.05) is 36.4 Å². The Hall–Kier alpha value is -2.93. The lowest BCUT2D eigenvalue weighted by Gasteiger charge is -2.31. The van der Waals surface area contributed by atoms with E-state index >= 15 is 0 Å². The van der Waals surface area contributed by atoms with E-state index in [1.54, 1.807) is 10.6 Å². The smallest absolute Gasteiger partial charge is 0.259 e. The molecule has 1 aliphatic heterocycles. The van der Waals surface area contributed by atoms with Crippen LogP contribution >= 0.6 is 0 Å². The number of hydrogen-bond donors (Lipinski definition) is 2.